The minimum atomic E-state index is -0.416. The van der Waals surface area contributed by atoms with Gasteiger partial charge in [-0.25, -0.2) is 9.97 Å². The Morgan fingerprint density at radius 2 is 1.85 bits per heavy atom. The van der Waals surface area contributed by atoms with Crippen molar-refractivity contribution in [2.24, 2.45) is 0 Å². The molecule has 2 aromatic heterocycles. The third-order valence-corrected chi connectivity index (χ3v) is 3.70. The zero-order valence-electron chi connectivity index (χ0n) is 15.2. The summed E-state index contributed by atoms with van der Waals surface area (Å²) >= 11 is 0. The quantitative estimate of drug-likeness (QED) is 0.747. The van der Waals surface area contributed by atoms with Crippen LogP contribution in [0.5, 0.6) is 5.75 Å². The summed E-state index contributed by atoms with van der Waals surface area (Å²) in [7, 11) is 0. The van der Waals surface area contributed by atoms with Gasteiger partial charge in [0.1, 0.15) is 17.4 Å². The fraction of sp³-hybridized carbons (Fsp3) is 0.211. The average molecular weight is 362 g/mol. The van der Waals surface area contributed by atoms with Gasteiger partial charge in [0.2, 0.25) is 0 Å². The summed E-state index contributed by atoms with van der Waals surface area (Å²) in [5.41, 5.74) is 2.24. The van der Waals surface area contributed by atoms with Gasteiger partial charge in [-0.2, -0.15) is 15.0 Å². The van der Waals surface area contributed by atoms with Gasteiger partial charge in [0.25, 0.3) is 11.9 Å². The van der Waals surface area contributed by atoms with Crippen LogP contribution in [0.4, 0.5) is 5.82 Å². The molecule has 0 fully saturated rings. The molecule has 3 aromatic rings. The smallest absolute Gasteiger partial charge is 0.263 e. The van der Waals surface area contributed by atoms with Crippen molar-refractivity contribution in [1.29, 1.82) is 5.26 Å². The Kier molecular flexibility index (Phi) is 5.13. The van der Waals surface area contributed by atoms with Gasteiger partial charge in [0.05, 0.1) is 5.69 Å². The molecule has 1 amide bonds. The molecule has 8 heteroatoms. The Morgan fingerprint density at radius 1 is 1.19 bits per heavy atom. The summed E-state index contributed by atoms with van der Waals surface area (Å²) in [6, 6.07) is 12.9. The van der Waals surface area contributed by atoms with Crippen LogP contribution in [0.1, 0.15) is 22.6 Å². The fourth-order valence-corrected chi connectivity index (χ4v) is 2.56. The SMILES string of the molecule is Cc1cc(C)nc(-n2nc(C)c(C#N)c2NC(=O)COc2ccccc2)n1. The minimum Gasteiger partial charge on any atom is -0.484 e. The number of nitrogens with zero attached hydrogens (tertiary/aromatic N) is 5. The van der Waals surface area contributed by atoms with Gasteiger partial charge >= 0.3 is 0 Å². The van der Waals surface area contributed by atoms with Gasteiger partial charge in [-0.15, -0.1) is 0 Å². The minimum absolute atomic E-state index is 0.202. The summed E-state index contributed by atoms with van der Waals surface area (Å²) in [6.07, 6.45) is 0. The molecule has 0 unspecified atom stereocenters. The van der Waals surface area contributed by atoms with Gasteiger partial charge in [-0.3, -0.25) is 4.79 Å². The van der Waals surface area contributed by atoms with E-state index in [0.29, 0.717) is 11.4 Å². The topological polar surface area (TPSA) is 106 Å². The number of aromatic nitrogens is 4. The van der Waals surface area contributed by atoms with Gasteiger partial charge in [-0.05, 0) is 39.0 Å². The number of para-hydroxylation sites is 1. The van der Waals surface area contributed by atoms with E-state index in [-0.39, 0.29) is 23.9 Å². The molecule has 0 aliphatic carbocycles. The second-order valence-electron chi connectivity index (χ2n) is 5.93. The second-order valence-corrected chi connectivity index (χ2v) is 5.93. The lowest BCUT2D eigenvalue weighted by molar-refractivity contribution is -0.118. The van der Waals surface area contributed by atoms with Crippen molar-refractivity contribution in [2.75, 3.05) is 11.9 Å². The van der Waals surface area contributed by atoms with Crippen LogP contribution in [0.15, 0.2) is 36.4 Å². The molecular formula is C19H18N6O2. The maximum atomic E-state index is 12.4. The standard InChI is InChI=1S/C19H18N6O2/c1-12-9-13(2)22-19(21-12)25-18(16(10-20)14(3)24-25)23-17(26)11-27-15-7-5-4-6-8-15/h4-9H,11H2,1-3H3,(H,23,26). The number of carbonyl (C=O) groups is 1. The molecule has 8 nitrogen and oxygen atoms in total. The molecule has 0 atom stereocenters. The molecule has 0 saturated carbocycles. The molecule has 2 heterocycles. The first-order valence-corrected chi connectivity index (χ1v) is 8.28. The fourth-order valence-electron chi connectivity index (χ4n) is 2.56. The summed E-state index contributed by atoms with van der Waals surface area (Å²) in [5, 5.41) is 16.5. The molecule has 3 rings (SSSR count). The zero-order valence-corrected chi connectivity index (χ0v) is 15.2. The summed E-state index contributed by atoms with van der Waals surface area (Å²) < 4.78 is 6.82. The lowest BCUT2D eigenvalue weighted by atomic mass is 10.2. The van der Waals surface area contributed by atoms with Crippen molar-refractivity contribution in [2.45, 2.75) is 20.8 Å². The third-order valence-electron chi connectivity index (χ3n) is 3.70. The molecule has 0 spiro atoms. The Bertz CT molecular complexity index is 1000. The first-order valence-electron chi connectivity index (χ1n) is 8.28. The molecule has 1 N–H and O–H groups in total. The highest BCUT2D eigenvalue weighted by atomic mass is 16.5. The van der Waals surface area contributed by atoms with E-state index in [9.17, 15) is 10.1 Å². The Labute approximate surface area is 156 Å². The number of nitrogens with one attached hydrogen (secondary N) is 1. The molecule has 0 saturated heterocycles. The number of ether oxygens (including phenoxy) is 1. The number of amides is 1. The highest BCUT2D eigenvalue weighted by molar-refractivity contribution is 5.92. The first kappa shape index (κ1) is 18.1. The number of benzene rings is 1. The predicted octanol–water partition coefficient (Wildman–Crippen LogP) is 2.48. The molecule has 0 aliphatic rings. The van der Waals surface area contributed by atoms with Crippen LogP contribution in [0, 0.1) is 32.1 Å². The lowest BCUT2D eigenvalue weighted by Gasteiger charge is -2.10. The van der Waals surface area contributed by atoms with E-state index < -0.39 is 5.91 Å². The Hall–Kier alpha value is -3.73. The van der Waals surface area contributed by atoms with E-state index in [1.807, 2.05) is 38.1 Å². The van der Waals surface area contributed by atoms with Crippen molar-refractivity contribution < 1.29 is 9.53 Å². The van der Waals surface area contributed by atoms with Crippen LogP contribution in [0.25, 0.3) is 5.95 Å². The number of carbonyl (C=O) groups excluding carboxylic acids is 1. The largest absolute Gasteiger partial charge is 0.484 e. The first-order chi connectivity index (χ1) is 13.0. The lowest BCUT2D eigenvalue weighted by Crippen LogP contribution is -2.23. The summed E-state index contributed by atoms with van der Waals surface area (Å²) in [4.78, 5) is 21.1. The maximum Gasteiger partial charge on any atom is 0.263 e. The van der Waals surface area contributed by atoms with E-state index in [4.69, 9.17) is 4.74 Å². The van der Waals surface area contributed by atoms with Crippen LogP contribution >= 0.6 is 0 Å². The van der Waals surface area contributed by atoms with Gasteiger partial charge in [0.15, 0.2) is 12.4 Å². The molecule has 1 aromatic carbocycles. The number of hydrogen-bond acceptors (Lipinski definition) is 6. The Balaban J connectivity index is 1.88. The Morgan fingerprint density at radius 3 is 2.48 bits per heavy atom. The van der Waals surface area contributed by atoms with E-state index in [1.54, 1.807) is 19.1 Å². The van der Waals surface area contributed by atoms with E-state index in [2.05, 4.69) is 26.5 Å². The normalized spacial score (nSPS) is 10.3. The molecular weight excluding hydrogens is 344 g/mol. The highest BCUT2D eigenvalue weighted by Gasteiger charge is 2.20. The molecule has 0 bridgehead atoms. The average Bonchev–Trinajstić information content (AvgIpc) is 2.95. The summed E-state index contributed by atoms with van der Waals surface area (Å²) in [5.74, 6) is 0.675. The van der Waals surface area contributed by atoms with Crippen LogP contribution < -0.4 is 10.1 Å². The molecule has 136 valence electrons. The monoisotopic (exact) mass is 362 g/mol. The van der Waals surface area contributed by atoms with Crippen molar-refractivity contribution in [1.82, 2.24) is 19.7 Å². The zero-order chi connectivity index (χ0) is 19.4. The van der Waals surface area contributed by atoms with Crippen molar-refractivity contribution in [3.8, 4) is 17.8 Å². The number of aryl methyl sites for hydroxylation is 3. The molecule has 27 heavy (non-hydrogen) atoms. The summed E-state index contributed by atoms with van der Waals surface area (Å²) in [6.45, 7) is 5.16. The van der Waals surface area contributed by atoms with Gasteiger partial charge in [0, 0.05) is 11.4 Å². The third kappa shape index (κ3) is 4.10. The van der Waals surface area contributed by atoms with Crippen molar-refractivity contribution >= 4 is 11.7 Å². The van der Waals surface area contributed by atoms with Crippen LogP contribution in [-0.4, -0.2) is 32.3 Å². The van der Waals surface area contributed by atoms with Crippen molar-refractivity contribution in [3.63, 3.8) is 0 Å². The maximum absolute atomic E-state index is 12.4. The van der Waals surface area contributed by atoms with Crippen molar-refractivity contribution in [3.05, 3.63) is 59.0 Å². The second kappa shape index (κ2) is 7.66. The van der Waals surface area contributed by atoms with Crippen LogP contribution in [-0.2, 0) is 4.79 Å². The molecule has 0 radical (unpaired) electrons. The number of rotatable bonds is 5. The van der Waals surface area contributed by atoms with E-state index in [1.165, 1.54) is 4.68 Å². The number of hydrogen-bond donors (Lipinski definition) is 1. The van der Waals surface area contributed by atoms with E-state index in [0.717, 1.165) is 11.4 Å². The van der Waals surface area contributed by atoms with Crippen LogP contribution in [0.3, 0.4) is 0 Å². The predicted molar refractivity (Wildman–Crippen MR) is 98.6 cm³/mol. The van der Waals surface area contributed by atoms with Crippen LogP contribution in [0.2, 0.25) is 0 Å². The highest BCUT2D eigenvalue weighted by Crippen LogP contribution is 2.22. The number of nitriles is 1. The van der Waals surface area contributed by atoms with E-state index >= 15 is 0 Å². The molecule has 0 aliphatic heterocycles. The van der Waals surface area contributed by atoms with Gasteiger partial charge in [-0.1, -0.05) is 18.2 Å². The number of anilines is 1. The van der Waals surface area contributed by atoms with Gasteiger partial charge < -0.3 is 10.1 Å².